The zero-order chi connectivity index (χ0) is 14.2. The van der Waals surface area contributed by atoms with Gasteiger partial charge in [-0.15, -0.1) is 0 Å². The van der Waals surface area contributed by atoms with Crippen molar-refractivity contribution in [1.29, 1.82) is 0 Å². The van der Waals surface area contributed by atoms with E-state index in [1.165, 1.54) is 17.7 Å². The lowest BCUT2D eigenvalue weighted by atomic mass is 10.1. The Morgan fingerprint density at radius 2 is 1.75 bits per heavy atom. The fourth-order valence-electron chi connectivity index (χ4n) is 2.55. The second-order valence-electron chi connectivity index (χ2n) is 4.87. The van der Waals surface area contributed by atoms with Gasteiger partial charge in [-0.2, -0.15) is 0 Å². The van der Waals surface area contributed by atoms with Crippen LogP contribution in [0.15, 0.2) is 53.4 Å². The van der Waals surface area contributed by atoms with Crippen molar-refractivity contribution in [2.45, 2.75) is 23.8 Å². The minimum atomic E-state index is -3.62. The van der Waals surface area contributed by atoms with E-state index in [4.69, 9.17) is 0 Å². The van der Waals surface area contributed by atoms with Gasteiger partial charge in [0.25, 0.3) is 0 Å². The van der Waals surface area contributed by atoms with E-state index in [0.29, 0.717) is 0 Å². The third-order valence-corrected chi connectivity index (χ3v) is 5.04. The SMILES string of the molecule is O=S(=O)(NC1CCc2ccccc21)c1ccc(F)cc1. The molecule has 20 heavy (non-hydrogen) atoms. The number of fused-ring (bicyclic) bond motifs is 1. The van der Waals surface area contributed by atoms with Crippen LogP contribution in [0.5, 0.6) is 0 Å². The van der Waals surface area contributed by atoms with Gasteiger partial charge in [0.1, 0.15) is 5.82 Å². The van der Waals surface area contributed by atoms with Crippen molar-refractivity contribution in [2.75, 3.05) is 0 Å². The molecule has 1 aliphatic rings. The lowest BCUT2D eigenvalue weighted by Gasteiger charge is -2.14. The van der Waals surface area contributed by atoms with Gasteiger partial charge in [-0.1, -0.05) is 24.3 Å². The van der Waals surface area contributed by atoms with Crippen molar-refractivity contribution < 1.29 is 12.8 Å². The van der Waals surface area contributed by atoms with Crippen LogP contribution < -0.4 is 4.72 Å². The zero-order valence-corrected chi connectivity index (χ0v) is 11.5. The number of hydrogen-bond donors (Lipinski definition) is 1. The molecule has 0 fully saturated rings. The molecule has 0 amide bonds. The Morgan fingerprint density at radius 1 is 1.05 bits per heavy atom. The van der Waals surface area contributed by atoms with Gasteiger partial charge < -0.3 is 0 Å². The highest BCUT2D eigenvalue weighted by atomic mass is 32.2. The van der Waals surface area contributed by atoms with Crippen LogP contribution >= 0.6 is 0 Å². The molecule has 1 aliphatic carbocycles. The predicted octanol–water partition coefficient (Wildman–Crippen LogP) is 2.79. The maximum absolute atomic E-state index is 12.9. The van der Waals surface area contributed by atoms with Crippen molar-refractivity contribution >= 4 is 10.0 Å². The second-order valence-corrected chi connectivity index (χ2v) is 6.58. The van der Waals surface area contributed by atoms with Crippen molar-refractivity contribution in [2.24, 2.45) is 0 Å². The molecule has 5 heteroatoms. The highest BCUT2D eigenvalue weighted by molar-refractivity contribution is 7.89. The lowest BCUT2D eigenvalue weighted by Crippen LogP contribution is -2.27. The molecule has 1 unspecified atom stereocenters. The maximum atomic E-state index is 12.9. The molecular weight excluding hydrogens is 277 g/mol. The summed E-state index contributed by atoms with van der Waals surface area (Å²) < 4.78 is 40.1. The van der Waals surface area contributed by atoms with Crippen molar-refractivity contribution in [3.8, 4) is 0 Å². The van der Waals surface area contributed by atoms with Gasteiger partial charge in [0.15, 0.2) is 0 Å². The molecule has 104 valence electrons. The number of hydrogen-bond acceptors (Lipinski definition) is 2. The van der Waals surface area contributed by atoms with E-state index < -0.39 is 15.8 Å². The van der Waals surface area contributed by atoms with Crippen molar-refractivity contribution in [3.05, 3.63) is 65.5 Å². The number of sulfonamides is 1. The molecule has 2 aromatic rings. The first-order valence-electron chi connectivity index (χ1n) is 6.42. The minimum absolute atomic E-state index is 0.0864. The first-order chi connectivity index (χ1) is 9.56. The summed E-state index contributed by atoms with van der Waals surface area (Å²) in [4.78, 5) is 0.0864. The quantitative estimate of drug-likeness (QED) is 0.945. The van der Waals surface area contributed by atoms with Crippen LogP contribution in [0.1, 0.15) is 23.6 Å². The largest absolute Gasteiger partial charge is 0.241 e. The van der Waals surface area contributed by atoms with Crippen LogP contribution in [0.25, 0.3) is 0 Å². The van der Waals surface area contributed by atoms with Gasteiger partial charge in [0.2, 0.25) is 10.0 Å². The second kappa shape index (κ2) is 5.00. The third-order valence-electron chi connectivity index (χ3n) is 3.55. The number of benzene rings is 2. The molecular formula is C15H14FNO2S. The molecule has 0 spiro atoms. The summed E-state index contributed by atoms with van der Waals surface area (Å²) in [6, 6.07) is 12.5. The molecule has 2 aromatic carbocycles. The topological polar surface area (TPSA) is 46.2 Å². The summed E-state index contributed by atoms with van der Waals surface area (Å²) >= 11 is 0. The monoisotopic (exact) mass is 291 g/mol. The van der Waals surface area contributed by atoms with Crippen LogP contribution in [-0.2, 0) is 16.4 Å². The Balaban J connectivity index is 1.86. The molecule has 0 radical (unpaired) electrons. The summed E-state index contributed by atoms with van der Waals surface area (Å²) in [5, 5.41) is 0. The fraction of sp³-hybridized carbons (Fsp3) is 0.200. The minimum Gasteiger partial charge on any atom is -0.207 e. The van der Waals surface area contributed by atoms with Crippen LogP contribution in [-0.4, -0.2) is 8.42 Å². The predicted molar refractivity (Wildman–Crippen MR) is 74.2 cm³/mol. The molecule has 0 saturated carbocycles. The first kappa shape index (κ1) is 13.3. The summed E-state index contributed by atoms with van der Waals surface area (Å²) in [6.45, 7) is 0. The van der Waals surface area contributed by atoms with Gasteiger partial charge in [-0.25, -0.2) is 17.5 Å². The average molecular weight is 291 g/mol. The fourth-order valence-corrected chi connectivity index (χ4v) is 3.80. The molecule has 0 saturated heterocycles. The van der Waals surface area contributed by atoms with Crippen molar-refractivity contribution in [3.63, 3.8) is 0 Å². The van der Waals surface area contributed by atoms with E-state index >= 15 is 0 Å². The highest BCUT2D eigenvalue weighted by Gasteiger charge is 2.27. The lowest BCUT2D eigenvalue weighted by molar-refractivity contribution is 0.554. The van der Waals surface area contributed by atoms with E-state index in [2.05, 4.69) is 4.72 Å². The summed E-state index contributed by atoms with van der Waals surface area (Å²) in [5.41, 5.74) is 2.21. The van der Waals surface area contributed by atoms with Gasteiger partial charge in [0, 0.05) is 6.04 Å². The average Bonchev–Trinajstić information content (AvgIpc) is 2.82. The highest BCUT2D eigenvalue weighted by Crippen LogP contribution is 2.31. The smallest absolute Gasteiger partial charge is 0.207 e. The maximum Gasteiger partial charge on any atom is 0.241 e. The van der Waals surface area contributed by atoms with E-state index in [0.717, 1.165) is 30.5 Å². The summed E-state index contributed by atoms with van der Waals surface area (Å²) in [6.07, 6.45) is 1.62. The Bertz CT molecular complexity index is 726. The first-order valence-corrected chi connectivity index (χ1v) is 7.90. The van der Waals surface area contributed by atoms with Gasteiger partial charge >= 0.3 is 0 Å². The van der Waals surface area contributed by atoms with E-state index in [1.807, 2.05) is 24.3 Å². The van der Waals surface area contributed by atoms with Crippen molar-refractivity contribution in [1.82, 2.24) is 4.72 Å². The van der Waals surface area contributed by atoms with Crippen LogP contribution in [0, 0.1) is 5.82 Å². The Hall–Kier alpha value is -1.72. The number of rotatable bonds is 3. The number of aryl methyl sites for hydroxylation is 1. The Labute approximate surface area is 117 Å². The molecule has 0 heterocycles. The van der Waals surface area contributed by atoms with E-state index in [9.17, 15) is 12.8 Å². The van der Waals surface area contributed by atoms with Gasteiger partial charge in [0.05, 0.1) is 4.90 Å². The van der Waals surface area contributed by atoms with Gasteiger partial charge in [-0.3, -0.25) is 0 Å². The summed E-state index contributed by atoms with van der Waals surface area (Å²) in [5.74, 6) is -0.449. The molecule has 1 N–H and O–H groups in total. The Morgan fingerprint density at radius 3 is 2.50 bits per heavy atom. The Kier molecular flexibility index (Phi) is 3.31. The third kappa shape index (κ3) is 2.46. The van der Waals surface area contributed by atoms with Gasteiger partial charge in [-0.05, 0) is 48.2 Å². The summed E-state index contributed by atoms with van der Waals surface area (Å²) in [7, 11) is -3.62. The van der Waals surface area contributed by atoms with E-state index in [1.54, 1.807) is 0 Å². The molecule has 3 nitrogen and oxygen atoms in total. The standard InChI is InChI=1S/C15H14FNO2S/c16-12-6-8-13(9-7-12)20(18,19)17-15-10-5-11-3-1-2-4-14(11)15/h1-4,6-9,15,17H,5,10H2. The molecule has 1 atom stereocenters. The van der Waals surface area contributed by atoms with E-state index in [-0.39, 0.29) is 10.9 Å². The van der Waals surface area contributed by atoms with Crippen LogP contribution in [0.2, 0.25) is 0 Å². The number of nitrogens with one attached hydrogen (secondary N) is 1. The molecule has 0 aromatic heterocycles. The molecule has 0 aliphatic heterocycles. The molecule has 3 rings (SSSR count). The van der Waals surface area contributed by atoms with Crippen LogP contribution in [0.3, 0.4) is 0 Å². The number of halogens is 1. The molecule has 0 bridgehead atoms. The normalized spacial score (nSPS) is 17.9. The van der Waals surface area contributed by atoms with Crippen LogP contribution in [0.4, 0.5) is 4.39 Å². The zero-order valence-electron chi connectivity index (χ0n) is 10.7.